The minimum atomic E-state index is -2.69. The van der Waals surface area contributed by atoms with Gasteiger partial charge in [-0.25, -0.2) is 13.8 Å². The number of nitrogens with one attached hydrogen (secondary N) is 1. The molecule has 158 valence electrons. The largest absolute Gasteiger partial charge is 0.487 e. The van der Waals surface area contributed by atoms with E-state index in [4.69, 9.17) is 4.74 Å². The van der Waals surface area contributed by atoms with Crippen LogP contribution in [-0.2, 0) is 4.79 Å². The molecule has 0 aliphatic heterocycles. The van der Waals surface area contributed by atoms with E-state index in [1.807, 2.05) is 13.8 Å². The number of hydrogen-bond acceptors (Lipinski definition) is 7. The third-order valence-corrected chi connectivity index (χ3v) is 4.70. The predicted molar refractivity (Wildman–Crippen MR) is 109 cm³/mol. The zero-order valence-corrected chi connectivity index (χ0v) is 17.7. The summed E-state index contributed by atoms with van der Waals surface area (Å²) in [4.78, 5) is 21.4. The Morgan fingerprint density at radius 1 is 1.27 bits per heavy atom. The quantitative estimate of drug-likeness (QED) is 0.570. The van der Waals surface area contributed by atoms with E-state index in [9.17, 15) is 13.6 Å². The number of nitrogens with zero attached hydrogens (tertiary/aromatic N) is 5. The molecule has 0 aromatic carbocycles. The monoisotopic (exact) mass is 435 g/mol. The van der Waals surface area contributed by atoms with Gasteiger partial charge in [0.15, 0.2) is 23.3 Å². The van der Waals surface area contributed by atoms with E-state index in [-0.39, 0.29) is 29.1 Å². The molecule has 0 saturated carbocycles. The average Bonchev–Trinajstić information content (AvgIpc) is 3.16. The maximum Gasteiger partial charge on any atom is 0.349 e. The summed E-state index contributed by atoms with van der Waals surface area (Å²) in [6.45, 7) is 5.20. The molecule has 3 heterocycles. The highest BCUT2D eigenvalue weighted by molar-refractivity contribution is 7.13. The molecule has 3 aromatic rings. The van der Waals surface area contributed by atoms with Crippen molar-refractivity contribution < 1.29 is 23.0 Å². The van der Waals surface area contributed by atoms with E-state index in [2.05, 4.69) is 20.4 Å². The van der Waals surface area contributed by atoms with Crippen LogP contribution in [0, 0.1) is 0 Å². The number of ether oxygens (including phenoxy) is 1. The molecule has 30 heavy (non-hydrogen) atoms. The van der Waals surface area contributed by atoms with Crippen LogP contribution in [0.5, 0.6) is 5.75 Å². The lowest BCUT2D eigenvalue weighted by atomic mass is 10.2. The van der Waals surface area contributed by atoms with Crippen molar-refractivity contribution >= 4 is 33.9 Å². The number of anilines is 3. The van der Waals surface area contributed by atoms with Gasteiger partial charge in [0.2, 0.25) is 11.0 Å². The topological polar surface area (TPSA) is 84.1 Å². The van der Waals surface area contributed by atoms with Crippen molar-refractivity contribution in [2.24, 2.45) is 0 Å². The number of aromatic nitrogens is 4. The van der Waals surface area contributed by atoms with Crippen LogP contribution in [0.2, 0.25) is 0 Å². The van der Waals surface area contributed by atoms with Gasteiger partial charge in [0.1, 0.15) is 0 Å². The minimum Gasteiger partial charge on any atom is -0.487 e. The summed E-state index contributed by atoms with van der Waals surface area (Å²) in [6, 6.07) is 4.80. The number of hydrogen-bond donors (Lipinski definition) is 1. The van der Waals surface area contributed by atoms with Crippen molar-refractivity contribution in [2.75, 3.05) is 17.3 Å². The van der Waals surface area contributed by atoms with Crippen molar-refractivity contribution in [1.82, 2.24) is 15.1 Å². The Morgan fingerprint density at radius 2 is 2.03 bits per heavy atom. The number of halogens is 2. The molecule has 0 atom stereocenters. The fourth-order valence-corrected chi connectivity index (χ4v) is 3.11. The standard InChI is InChI=1S/C19H21F2N6O2S/c1-11(2)29-14-5-6-16(22-9-14)27-10-30-19(25-27)24-18-15(26(4)12(3)28)7-13(8-23-18)17(20)21/h5-11,17H,1-4H3,(H,23,24,25)/q+1. The molecule has 0 radical (unpaired) electrons. The summed E-state index contributed by atoms with van der Waals surface area (Å²) in [5.74, 6) is 1.17. The molecule has 0 saturated heterocycles. The maximum atomic E-state index is 13.1. The van der Waals surface area contributed by atoms with Crippen LogP contribution in [0.4, 0.5) is 25.4 Å². The third-order valence-electron chi connectivity index (χ3n) is 3.99. The molecular formula is C19H21F2N6O2S+. The van der Waals surface area contributed by atoms with Crippen LogP contribution in [0.25, 0.3) is 5.82 Å². The molecule has 0 spiro atoms. The Balaban J connectivity index is 1.84. The lowest BCUT2D eigenvalue weighted by molar-refractivity contribution is -0.656. The third kappa shape index (κ3) is 5.03. The Kier molecular flexibility index (Phi) is 6.50. The lowest BCUT2D eigenvalue weighted by Gasteiger charge is -2.19. The smallest absolute Gasteiger partial charge is 0.349 e. The molecule has 0 fully saturated rings. The minimum absolute atomic E-state index is 0.0478. The summed E-state index contributed by atoms with van der Waals surface area (Å²) < 4.78 is 33.3. The summed E-state index contributed by atoms with van der Waals surface area (Å²) >= 11 is 1.27. The van der Waals surface area contributed by atoms with Gasteiger partial charge in [-0.3, -0.25) is 4.79 Å². The van der Waals surface area contributed by atoms with Gasteiger partial charge in [0, 0.05) is 31.8 Å². The first-order valence-corrected chi connectivity index (χ1v) is 9.92. The van der Waals surface area contributed by atoms with Gasteiger partial charge in [-0.2, -0.15) is 0 Å². The number of rotatable bonds is 7. The van der Waals surface area contributed by atoms with Crippen molar-refractivity contribution in [1.29, 1.82) is 0 Å². The summed E-state index contributed by atoms with van der Waals surface area (Å²) in [5.41, 5.74) is 1.69. The highest BCUT2D eigenvalue weighted by Crippen LogP contribution is 2.31. The van der Waals surface area contributed by atoms with Crippen LogP contribution in [0.3, 0.4) is 0 Å². The van der Waals surface area contributed by atoms with Crippen LogP contribution in [-0.4, -0.2) is 34.1 Å². The van der Waals surface area contributed by atoms with Gasteiger partial charge >= 0.3 is 5.82 Å². The second kappa shape index (κ2) is 9.08. The first-order valence-electron chi connectivity index (χ1n) is 9.04. The van der Waals surface area contributed by atoms with Crippen molar-refractivity contribution in [3.05, 3.63) is 41.7 Å². The Hall–Kier alpha value is -3.21. The van der Waals surface area contributed by atoms with Crippen molar-refractivity contribution in [3.63, 3.8) is 0 Å². The number of pyridine rings is 2. The molecular weight excluding hydrogens is 414 g/mol. The van der Waals surface area contributed by atoms with Crippen LogP contribution in [0.1, 0.15) is 32.8 Å². The number of carbonyl (C=O) groups excluding carboxylic acids is 1. The highest BCUT2D eigenvalue weighted by Gasteiger charge is 2.19. The van der Waals surface area contributed by atoms with Gasteiger partial charge in [-0.05, 0) is 36.1 Å². The van der Waals surface area contributed by atoms with E-state index in [0.717, 1.165) is 6.20 Å². The maximum absolute atomic E-state index is 13.1. The lowest BCUT2D eigenvalue weighted by Crippen LogP contribution is -2.33. The van der Waals surface area contributed by atoms with Gasteiger partial charge in [-0.1, -0.05) is 16.0 Å². The van der Waals surface area contributed by atoms with Crippen molar-refractivity contribution in [3.8, 4) is 11.6 Å². The highest BCUT2D eigenvalue weighted by atomic mass is 32.1. The molecule has 1 N–H and O–H groups in total. The zero-order chi connectivity index (χ0) is 21.8. The number of amides is 1. The van der Waals surface area contributed by atoms with Gasteiger partial charge < -0.3 is 15.0 Å². The average molecular weight is 435 g/mol. The molecule has 8 nitrogen and oxygen atoms in total. The fraction of sp³-hybridized carbons (Fsp3) is 0.316. The summed E-state index contributed by atoms with van der Waals surface area (Å²) in [7, 11) is 1.49. The van der Waals surface area contributed by atoms with Crippen LogP contribution in [0.15, 0.2) is 36.1 Å². The number of alkyl halides is 2. The fourth-order valence-electron chi connectivity index (χ4n) is 2.47. The van der Waals surface area contributed by atoms with E-state index in [0.29, 0.717) is 16.7 Å². The molecule has 1 amide bonds. The van der Waals surface area contributed by atoms with Crippen LogP contribution < -0.4 is 19.6 Å². The van der Waals surface area contributed by atoms with Crippen molar-refractivity contribution in [2.45, 2.75) is 33.3 Å². The van der Waals surface area contributed by atoms with Gasteiger partial charge in [0.05, 0.1) is 11.8 Å². The summed E-state index contributed by atoms with van der Waals surface area (Å²) in [6.07, 6.45) is 0.0357. The summed E-state index contributed by atoms with van der Waals surface area (Å²) in [5, 5.41) is 7.84. The van der Waals surface area contributed by atoms with Gasteiger partial charge in [-0.15, -0.1) is 0 Å². The first kappa shape index (κ1) is 21.5. The Morgan fingerprint density at radius 3 is 2.63 bits per heavy atom. The second-order valence-corrected chi connectivity index (χ2v) is 7.47. The van der Waals surface area contributed by atoms with E-state index in [1.54, 1.807) is 28.5 Å². The zero-order valence-electron chi connectivity index (χ0n) is 16.8. The molecule has 11 heteroatoms. The van der Waals surface area contributed by atoms with E-state index >= 15 is 0 Å². The SMILES string of the molecule is CC(=O)N(C)c1cc(C(F)F)cnc1Nc1n[n+](-c2ccc(OC(C)C)cn2)cs1. The second-order valence-electron chi connectivity index (χ2n) is 6.63. The Bertz CT molecular complexity index is 1030. The molecule has 0 aliphatic carbocycles. The molecule has 0 bridgehead atoms. The van der Waals surface area contributed by atoms with E-state index < -0.39 is 6.43 Å². The normalized spacial score (nSPS) is 11.1. The van der Waals surface area contributed by atoms with Gasteiger partial charge in [0.25, 0.3) is 6.43 Å². The Labute approximate surface area is 176 Å². The van der Waals surface area contributed by atoms with Crippen LogP contribution >= 0.6 is 11.3 Å². The first-order chi connectivity index (χ1) is 14.2. The molecule has 3 rings (SSSR count). The van der Waals surface area contributed by atoms with E-state index in [1.165, 1.54) is 36.3 Å². The predicted octanol–water partition coefficient (Wildman–Crippen LogP) is 3.66. The number of carbonyl (C=O) groups is 1. The molecule has 0 unspecified atom stereocenters. The molecule has 0 aliphatic rings. The molecule has 3 aromatic heterocycles.